The molecule has 2 aromatic rings. The zero-order chi connectivity index (χ0) is 14.7. The molecule has 3 N–H and O–H groups in total. The van der Waals surface area contributed by atoms with Gasteiger partial charge in [0.25, 0.3) is 0 Å². The normalized spacial score (nSPS) is 21.3. The van der Waals surface area contributed by atoms with Crippen LogP contribution in [0.5, 0.6) is 0 Å². The second-order valence-electron chi connectivity index (χ2n) is 4.90. The minimum atomic E-state index is -0.453. The van der Waals surface area contributed by atoms with Crippen LogP contribution in [-0.4, -0.2) is 34.0 Å². The van der Waals surface area contributed by atoms with Gasteiger partial charge in [-0.3, -0.25) is 4.79 Å². The van der Waals surface area contributed by atoms with E-state index in [2.05, 4.69) is 14.7 Å². The molecule has 2 unspecified atom stereocenters. The fourth-order valence-electron chi connectivity index (χ4n) is 2.27. The van der Waals surface area contributed by atoms with Crippen LogP contribution in [0.15, 0.2) is 30.3 Å². The molecule has 1 saturated heterocycles. The van der Waals surface area contributed by atoms with Crippen LogP contribution in [0.4, 0.5) is 5.13 Å². The second kappa shape index (κ2) is 6.19. The van der Waals surface area contributed by atoms with E-state index in [9.17, 15) is 4.79 Å². The lowest BCUT2D eigenvalue weighted by molar-refractivity contribution is -0.128. The average molecular weight is 304 g/mol. The van der Waals surface area contributed by atoms with Crippen LogP contribution in [0.3, 0.4) is 0 Å². The predicted octanol–water partition coefficient (Wildman–Crippen LogP) is 1.65. The van der Waals surface area contributed by atoms with Crippen molar-refractivity contribution in [3.63, 3.8) is 0 Å². The van der Waals surface area contributed by atoms with Gasteiger partial charge in [0.15, 0.2) is 5.82 Å². The van der Waals surface area contributed by atoms with Crippen LogP contribution in [0.2, 0.25) is 0 Å². The van der Waals surface area contributed by atoms with E-state index < -0.39 is 6.10 Å². The van der Waals surface area contributed by atoms with E-state index in [1.54, 1.807) is 0 Å². The van der Waals surface area contributed by atoms with Crippen LogP contribution in [-0.2, 0) is 9.53 Å². The van der Waals surface area contributed by atoms with Gasteiger partial charge in [-0.2, -0.15) is 9.36 Å². The minimum Gasteiger partial charge on any atom is -0.367 e. The highest BCUT2D eigenvalue weighted by atomic mass is 32.1. The van der Waals surface area contributed by atoms with Crippen LogP contribution in [0.1, 0.15) is 12.8 Å². The van der Waals surface area contributed by atoms with Crippen LogP contribution < -0.4 is 11.1 Å². The third-order valence-corrected chi connectivity index (χ3v) is 4.04. The largest absolute Gasteiger partial charge is 0.367 e. The molecule has 1 fully saturated rings. The molecule has 3 rings (SSSR count). The molecule has 7 heteroatoms. The van der Waals surface area contributed by atoms with Crippen molar-refractivity contribution in [2.45, 2.75) is 25.0 Å². The Bertz CT molecular complexity index is 616. The first-order valence-electron chi connectivity index (χ1n) is 6.80. The zero-order valence-corrected chi connectivity index (χ0v) is 12.2. The van der Waals surface area contributed by atoms with Gasteiger partial charge in [-0.1, -0.05) is 30.3 Å². The van der Waals surface area contributed by atoms with E-state index in [4.69, 9.17) is 10.5 Å². The second-order valence-corrected chi connectivity index (χ2v) is 5.65. The number of amides is 1. The number of aromatic nitrogens is 2. The molecule has 1 aromatic heterocycles. The van der Waals surface area contributed by atoms with Gasteiger partial charge in [-0.05, 0) is 12.8 Å². The molecule has 0 spiro atoms. The van der Waals surface area contributed by atoms with Gasteiger partial charge >= 0.3 is 0 Å². The fourth-order valence-corrected chi connectivity index (χ4v) is 2.86. The Morgan fingerprint density at radius 2 is 2.19 bits per heavy atom. The molecule has 0 bridgehead atoms. The Balaban J connectivity index is 1.55. The molecule has 110 valence electrons. The SMILES string of the molecule is NC(=O)C1CCC(CNc2nc(-c3ccccc3)ns2)O1. The molecule has 21 heavy (non-hydrogen) atoms. The number of nitrogens with two attached hydrogens (primary N) is 1. The summed E-state index contributed by atoms with van der Waals surface area (Å²) in [5.74, 6) is 0.324. The quantitative estimate of drug-likeness (QED) is 0.876. The van der Waals surface area contributed by atoms with E-state index in [0.717, 1.165) is 17.1 Å². The summed E-state index contributed by atoms with van der Waals surface area (Å²) >= 11 is 1.32. The molecule has 2 atom stereocenters. The van der Waals surface area contributed by atoms with Gasteiger partial charge in [0.2, 0.25) is 11.0 Å². The predicted molar refractivity (Wildman–Crippen MR) is 80.9 cm³/mol. The summed E-state index contributed by atoms with van der Waals surface area (Å²) in [7, 11) is 0. The Morgan fingerprint density at radius 1 is 1.38 bits per heavy atom. The fraction of sp³-hybridized carbons (Fsp3) is 0.357. The lowest BCUT2D eigenvalue weighted by Gasteiger charge is -2.11. The molecule has 1 aliphatic heterocycles. The number of carbonyl (C=O) groups is 1. The topological polar surface area (TPSA) is 90.1 Å². The average Bonchev–Trinajstić information content (AvgIpc) is 3.15. The summed E-state index contributed by atoms with van der Waals surface area (Å²) in [6.45, 7) is 0.604. The van der Waals surface area contributed by atoms with E-state index >= 15 is 0 Å². The number of primary amides is 1. The third-order valence-electron chi connectivity index (χ3n) is 3.36. The summed E-state index contributed by atoms with van der Waals surface area (Å²) < 4.78 is 9.88. The first-order valence-corrected chi connectivity index (χ1v) is 7.57. The number of nitrogens with one attached hydrogen (secondary N) is 1. The molecule has 1 amide bonds. The minimum absolute atomic E-state index is 0.00780. The van der Waals surface area contributed by atoms with Crippen molar-refractivity contribution in [2.75, 3.05) is 11.9 Å². The van der Waals surface area contributed by atoms with E-state index in [1.165, 1.54) is 11.5 Å². The molecule has 1 aromatic carbocycles. The highest BCUT2D eigenvalue weighted by molar-refractivity contribution is 7.09. The summed E-state index contributed by atoms with van der Waals surface area (Å²) in [4.78, 5) is 15.5. The van der Waals surface area contributed by atoms with E-state index in [-0.39, 0.29) is 12.0 Å². The number of nitrogens with zero attached hydrogens (tertiary/aromatic N) is 2. The first kappa shape index (κ1) is 14.0. The maximum Gasteiger partial charge on any atom is 0.246 e. The lowest BCUT2D eigenvalue weighted by Crippen LogP contribution is -2.30. The lowest BCUT2D eigenvalue weighted by atomic mass is 10.2. The molecule has 0 radical (unpaired) electrons. The van der Waals surface area contributed by atoms with Gasteiger partial charge in [-0.25, -0.2) is 0 Å². The maximum atomic E-state index is 11.0. The van der Waals surface area contributed by atoms with Gasteiger partial charge in [0.05, 0.1) is 6.10 Å². The van der Waals surface area contributed by atoms with E-state index in [1.807, 2.05) is 30.3 Å². The van der Waals surface area contributed by atoms with Crippen LogP contribution >= 0.6 is 11.5 Å². The Kier molecular flexibility index (Phi) is 4.12. The number of hydrogen-bond donors (Lipinski definition) is 2. The molecular formula is C14H16N4O2S. The number of ether oxygens (including phenoxy) is 1. The molecular weight excluding hydrogens is 288 g/mol. The third kappa shape index (κ3) is 3.37. The van der Waals surface area contributed by atoms with Gasteiger partial charge in [-0.15, -0.1) is 0 Å². The van der Waals surface area contributed by atoms with Crippen molar-refractivity contribution in [1.29, 1.82) is 0 Å². The number of carbonyl (C=O) groups excluding carboxylic acids is 1. The van der Waals surface area contributed by atoms with Crippen molar-refractivity contribution in [3.05, 3.63) is 30.3 Å². The molecule has 0 aliphatic carbocycles. The maximum absolute atomic E-state index is 11.0. The highest BCUT2D eigenvalue weighted by Crippen LogP contribution is 2.23. The summed E-state index contributed by atoms with van der Waals surface area (Å²) in [6.07, 6.45) is 1.05. The van der Waals surface area contributed by atoms with Gasteiger partial charge in [0.1, 0.15) is 6.10 Å². The number of benzene rings is 1. The monoisotopic (exact) mass is 304 g/mol. The van der Waals surface area contributed by atoms with Crippen molar-refractivity contribution >= 4 is 22.6 Å². The smallest absolute Gasteiger partial charge is 0.246 e. The molecule has 6 nitrogen and oxygen atoms in total. The van der Waals surface area contributed by atoms with Crippen molar-refractivity contribution in [3.8, 4) is 11.4 Å². The van der Waals surface area contributed by atoms with Gasteiger partial charge < -0.3 is 15.8 Å². The zero-order valence-electron chi connectivity index (χ0n) is 11.4. The van der Waals surface area contributed by atoms with Crippen LogP contribution in [0, 0.1) is 0 Å². The Labute approximate surface area is 126 Å². The summed E-state index contributed by atoms with van der Waals surface area (Å²) in [5, 5.41) is 3.95. The van der Waals surface area contributed by atoms with Crippen LogP contribution in [0.25, 0.3) is 11.4 Å². The van der Waals surface area contributed by atoms with Gasteiger partial charge in [0, 0.05) is 23.6 Å². The summed E-state index contributed by atoms with van der Waals surface area (Å²) in [5.41, 5.74) is 6.22. The number of anilines is 1. The Hall–Kier alpha value is -1.99. The summed E-state index contributed by atoms with van der Waals surface area (Å²) in [6, 6.07) is 9.83. The molecule has 1 aliphatic rings. The van der Waals surface area contributed by atoms with Crippen molar-refractivity contribution in [2.24, 2.45) is 5.73 Å². The standard InChI is InChI=1S/C14H16N4O2S/c15-12(19)11-7-6-10(20-11)8-16-14-17-13(18-21-14)9-4-2-1-3-5-9/h1-5,10-11H,6-8H2,(H2,15,19)(H,16,17,18). The Morgan fingerprint density at radius 3 is 2.90 bits per heavy atom. The molecule has 2 heterocycles. The van der Waals surface area contributed by atoms with Crippen molar-refractivity contribution < 1.29 is 9.53 Å². The first-order chi connectivity index (χ1) is 10.2. The number of hydrogen-bond acceptors (Lipinski definition) is 6. The van der Waals surface area contributed by atoms with E-state index in [0.29, 0.717) is 18.8 Å². The number of rotatable bonds is 5. The van der Waals surface area contributed by atoms with Crippen molar-refractivity contribution in [1.82, 2.24) is 9.36 Å². The molecule has 0 saturated carbocycles. The highest BCUT2D eigenvalue weighted by Gasteiger charge is 2.28.